The Bertz CT molecular complexity index is 207. The number of ketones is 1. The smallest absolute Gasteiger partial charge is 0.134 e. The topological polar surface area (TPSA) is 17.1 Å². The van der Waals surface area contributed by atoms with Crippen molar-refractivity contribution in [3.63, 3.8) is 0 Å². The van der Waals surface area contributed by atoms with Gasteiger partial charge in [-0.2, -0.15) is 0 Å². The Labute approximate surface area is 68.2 Å². The first-order chi connectivity index (χ1) is 5.03. The highest BCUT2D eigenvalue weighted by atomic mass is 16.1. The average Bonchev–Trinajstić information content (AvgIpc) is 1.83. The fourth-order valence-electron chi connectivity index (χ4n) is 1.81. The van der Waals surface area contributed by atoms with Crippen LogP contribution in [0.3, 0.4) is 0 Å². The lowest BCUT2D eigenvalue weighted by Crippen LogP contribution is -2.28. The normalized spacial score (nSPS) is 29.5. The molecule has 1 fully saturated rings. The van der Waals surface area contributed by atoms with E-state index in [1.54, 1.807) is 0 Å². The maximum atomic E-state index is 11.2. The standard InChI is InChI=1S/C10H14O/c1-4-8-5-9(11)7-10(2,3)6-8/h1,8H,5-7H2,2-3H3. The molecule has 1 aliphatic carbocycles. The van der Waals surface area contributed by atoms with Gasteiger partial charge in [0.25, 0.3) is 0 Å². The van der Waals surface area contributed by atoms with Crippen LogP contribution in [0.25, 0.3) is 0 Å². The molecule has 0 amide bonds. The molecule has 0 aromatic heterocycles. The number of hydrogen-bond donors (Lipinski definition) is 0. The van der Waals surface area contributed by atoms with Gasteiger partial charge in [0, 0.05) is 18.8 Å². The summed E-state index contributed by atoms with van der Waals surface area (Å²) in [5.74, 6) is 3.18. The van der Waals surface area contributed by atoms with Crippen LogP contribution in [-0.2, 0) is 4.79 Å². The Balaban J connectivity index is 2.67. The Kier molecular flexibility index (Phi) is 2.04. The third-order valence-electron chi connectivity index (χ3n) is 2.18. The van der Waals surface area contributed by atoms with E-state index in [-0.39, 0.29) is 11.3 Å². The van der Waals surface area contributed by atoms with E-state index in [0.29, 0.717) is 18.6 Å². The van der Waals surface area contributed by atoms with Gasteiger partial charge in [-0.25, -0.2) is 0 Å². The summed E-state index contributed by atoms with van der Waals surface area (Å²) in [4.78, 5) is 11.2. The third kappa shape index (κ3) is 2.08. The van der Waals surface area contributed by atoms with E-state index in [9.17, 15) is 4.79 Å². The minimum Gasteiger partial charge on any atom is -0.300 e. The second-order valence-corrected chi connectivity index (χ2v) is 4.15. The molecule has 0 aliphatic heterocycles. The first kappa shape index (κ1) is 8.33. The third-order valence-corrected chi connectivity index (χ3v) is 2.18. The first-order valence-electron chi connectivity index (χ1n) is 4.01. The van der Waals surface area contributed by atoms with Crippen LogP contribution in [0.4, 0.5) is 0 Å². The van der Waals surface area contributed by atoms with Crippen molar-refractivity contribution >= 4 is 5.78 Å². The molecule has 1 unspecified atom stereocenters. The number of carbonyl (C=O) groups is 1. The molecule has 11 heavy (non-hydrogen) atoms. The predicted octanol–water partition coefficient (Wildman–Crippen LogP) is 2.02. The van der Waals surface area contributed by atoms with Crippen LogP contribution >= 0.6 is 0 Å². The van der Waals surface area contributed by atoms with Gasteiger partial charge in [0.2, 0.25) is 0 Å². The Hall–Kier alpha value is -0.770. The summed E-state index contributed by atoms with van der Waals surface area (Å²) in [6, 6.07) is 0. The second-order valence-electron chi connectivity index (χ2n) is 4.15. The lowest BCUT2D eigenvalue weighted by atomic mass is 9.72. The van der Waals surface area contributed by atoms with Gasteiger partial charge in [0.15, 0.2) is 0 Å². The lowest BCUT2D eigenvalue weighted by Gasteiger charge is -2.31. The van der Waals surface area contributed by atoms with Crippen molar-refractivity contribution in [3.8, 4) is 12.3 Å². The zero-order chi connectivity index (χ0) is 8.48. The summed E-state index contributed by atoms with van der Waals surface area (Å²) in [5, 5.41) is 0. The van der Waals surface area contributed by atoms with Gasteiger partial charge in [0.1, 0.15) is 5.78 Å². The summed E-state index contributed by atoms with van der Waals surface area (Å²) >= 11 is 0. The molecule has 1 heteroatoms. The molecular weight excluding hydrogens is 136 g/mol. The van der Waals surface area contributed by atoms with Gasteiger partial charge in [-0.1, -0.05) is 13.8 Å². The molecule has 0 radical (unpaired) electrons. The first-order valence-corrected chi connectivity index (χ1v) is 4.01. The van der Waals surface area contributed by atoms with Crippen LogP contribution in [0.1, 0.15) is 33.1 Å². The Morgan fingerprint density at radius 2 is 2.27 bits per heavy atom. The van der Waals surface area contributed by atoms with E-state index < -0.39 is 0 Å². The van der Waals surface area contributed by atoms with Crippen molar-refractivity contribution in [2.75, 3.05) is 0 Å². The minimum absolute atomic E-state index is 0.131. The van der Waals surface area contributed by atoms with E-state index in [1.807, 2.05) is 0 Å². The molecule has 0 heterocycles. The molecule has 60 valence electrons. The molecule has 1 atom stereocenters. The maximum absolute atomic E-state index is 11.2. The van der Waals surface area contributed by atoms with Crippen LogP contribution in [0.2, 0.25) is 0 Å². The van der Waals surface area contributed by atoms with Gasteiger partial charge in [-0.05, 0) is 11.8 Å². The zero-order valence-electron chi connectivity index (χ0n) is 7.18. The van der Waals surface area contributed by atoms with Crippen molar-refractivity contribution in [1.82, 2.24) is 0 Å². The molecule has 0 bridgehead atoms. The molecule has 1 nitrogen and oxygen atoms in total. The van der Waals surface area contributed by atoms with E-state index in [1.165, 1.54) is 0 Å². The van der Waals surface area contributed by atoms with Crippen LogP contribution in [0.5, 0.6) is 0 Å². The molecule has 1 saturated carbocycles. The van der Waals surface area contributed by atoms with Crippen molar-refractivity contribution in [3.05, 3.63) is 0 Å². The number of hydrogen-bond acceptors (Lipinski definition) is 1. The minimum atomic E-state index is 0.131. The zero-order valence-corrected chi connectivity index (χ0v) is 7.18. The van der Waals surface area contributed by atoms with E-state index in [2.05, 4.69) is 19.8 Å². The van der Waals surface area contributed by atoms with Crippen molar-refractivity contribution in [2.45, 2.75) is 33.1 Å². The van der Waals surface area contributed by atoms with Crippen molar-refractivity contribution in [2.24, 2.45) is 11.3 Å². The van der Waals surface area contributed by atoms with Crippen LogP contribution < -0.4 is 0 Å². The van der Waals surface area contributed by atoms with E-state index in [0.717, 1.165) is 6.42 Å². The monoisotopic (exact) mass is 150 g/mol. The molecule has 1 aliphatic rings. The number of rotatable bonds is 0. The van der Waals surface area contributed by atoms with Crippen LogP contribution in [-0.4, -0.2) is 5.78 Å². The highest BCUT2D eigenvalue weighted by Gasteiger charge is 2.31. The second kappa shape index (κ2) is 2.70. The van der Waals surface area contributed by atoms with Gasteiger partial charge < -0.3 is 0 Å². The van der Waals surface area contributed by atoms with Crippen LogP contribution in [0.15, 0.2) is 0 Å². The Morgan fingerprint density at radius 3 is 2.73 bits per heavy atom. The van der Waals surface area contributed by atoms with Gasteiger partial charge in [0.05, 0.1) is 0 Å². The number of Topliss-reactive ketones (excluding diaryl/α,β-unsaturated/α-hetero) is 1. The lowest BCUT2D eigenvalue weighted by molar-refractivity contribution is -0.124. The summed E-state index contributed by atoms with van der Waals surface area (Å²) in [5.41, 5.74) is 0.131. The van der Waals surface area contributed by atoms with E-state index in [4.69, 9.17) is 6.42 Å². The highest BCUT2D eigenvalue weighted by molar-refractivity contribution is 5.80. The molecule has 0 N–H and O–H groups in total. The number of terminal acetylenes is 1. The highest BCUT2D eigenvalue weighted by Crippen LogP contribution is 2.36. The van der Waals surface area contributed by atoms with Crippen molar-refractivity contribution < 1.29 is 4.79 Å². The SMILES string of the molecule is C#CC1CC(=O)CC(C)(C)C1. The quantitative estimate of drug-likeness (QED) is 0.483. The molecule has 0 aromatic rings. The largest absolute Gasteiger partial charge is 0.300 e. The van der Waals surface area contributed by atoms with E-state index >= 15 is 0 Å². The maximum Gasteiger partial charge on any atom is 0.134 e. The van der Waals surface area contributed by atoms with Crippen LogP contribution in [0, 0.1) is 23.7 Å². The number of carbonyl (C=O) groups excluding carboxylic acids is 1. The van der Waals surface area contributed by atoms with Crippen molar-refractivity contribution in [1.29, 1.82) is 0 Å². The van der Waals surface area contributed by atoms with Gasteiger partial charge >= 0.3 is 0 Å². The fourth-order valence-corrected chi connectivity index (χ4v) is 1.81. The molecule has 0 aromatic carbocycles. The fraction of sp³-hybridized carbons (Fsp3) is 0.700. The summed E-state index contributed by atoms with van der Waals surface area (Å²) in [6.45, 7) is 4.21. The van der Waals surface area contributed by atoms with Gasteiger partial charge in [-0.3, -0.25) is 4.79 Å². The molecule has 0 saturated heterocycles. The molecule has 0 spiro atoms. The average molecular weight is 150 g/mol. The Morgan fingerprint density at radius 1 is 1.64 bits per heavy atom. The summed E-state index contributed by atoms with van der Waals surface area (Å²) in [6.07, 6.45) is 7.58. The molecular formula is C10H14O. The molecule has 1 rings (SSSR count). The summed E-state index contributed by atoms with van der Waals surface area (Å²) < 4.78 is 0. The van der Waals surface area contributed by atoms with Gasteiger partial charge in [-0.15, -0.1) is 12.3 Å². The summed E-state index contributed by atoms with van der Waals surface area (Å²) in [7, 11) is 0. The predicted molar refractivity (Wildman–Crippen MR) is 45.0 cm³/mol.